The first-order chi connectivity index (χ1) is 14.2. The van der Waals surface area contributed by atoms with Gasteiger partial charge in [-0.3, -0.25) is 9.52 Å². The fraction of sp³-hybridized carbons (Fsp3) is 0.333. The number of rotatable bonds is 10. The molecule has 8 nitrogen and oxygen atoms in total. The van der Waals surface area contributed by atoms with Gasteiger partial charge in [-0.25, -0.2) is 13.2 Å². The minimum Gasteiger partial charge on any atom is -0.480 e. The third-order valence-corrected chi connectivity index (χ3v) is 5.93. The number of carboxylic acids is 1. The molecule has 0 unspecified atom stereocenters. The largest absolute Gasteiger partial charge is 0.480 e. The van der Waals surface area contributed by atoms with E-state index in [0.29, 0.717) is 12.8 Å². The Balaban J connectivity index is 2.33. The highest BCUT2D eigenvalue weighted by atomic mass is 32.2. The van der Waals surface area contributed by atoms with Gasteiger partial charge < -0.3 is 15.2 Å². The molecule has 0 saturated heterocycles. The number of carboxylic acid groups (broad SMARTS) is 1. The molecule has 2 rings (SSSR count). The molecule has 2 aromatic rings. The summed E-state index contributed by atoms with van der Waals surface area (Å²) in [6.07, 6.45) is 1.26. The molecule has 1 amide bonds. The van der Waals surface area contributed by atoms with Crippen LogP contribution in [0.2, 0.25) is 0 Å². The first-order valence-corrected chi connectivity index (χ1v) is 11.0. The molecule has 0 spiro atoms. The second kappa shape index (κ2) is 10.1. The summed E-state index contributed by atoms with van der Waals surface area (Å²) < 4.78 is 33.0. The molecule has 9 heteroatoms. The number of carbonyl (C=O) groups is 2. The van der Waals surface area contributed by atoms with Crippen molar-refractivity contribution in [2.45, 2.75) is 38.5 Å². The van der Waals surface area contributed by atoms with E-state index in [-0.39, 0.29) is 33.8 Å². The van der Waals surface area contributed by atoms with Crippen LogP contribution >= 0.6 is 0 Å². The average Bonchev–Trinajstić information content (AvgIpc) is 2.68. The lowest BCUT2D eigenvalue weighted by molar-refractivity contribution is -0.139. The van der Waals surface area contributed by atoms with E-state index < -0.39 is 22.6 Å². The topological polar surface area (TPSA) is 122 Å². The molecule has 2 aromatic carbocycles. The standard InChI is InChI=1S/C21H26N2O6S/c1-4-15(5-2)21(26)22-18-12-16(8-11-19(18)29-13-20(24)25)23-30(27,28)17-9-6-14(3)7-10-17/h6-12,15,23H,4-5,13H2,1-3H3,(H,22,26)(H,24,25). The fourth-order valence-electron chi connectivity index (χ4n) is 2.78. The number of aryl methyl sites for hydroxylation is 1. The van der Waals surface area contributed by atoms with Gasteiger partial charge in [0.2, 0.25) is 5.91 Å². The van der Waals surface area contributed by atoms with Crippen LogP contribution in [0.15, 0.2) is 47.4 Å². The number of hydrogen-bond donors (Lipinski definition) is 3. The zero-order valence-electron chi connectivity index (χ0n) is 17.1. The molecule has 0 atom stereocenters. The third-order valence-electron chi connectivity index (χ3n) is 4.53. The van der Waals surface area contributed by atoms with E-state index in [4.69, 9.17) is 9.84 Å². The minimum absolute atomic E-state index is 0.0990. The van der Waals surface area contributed by atoms with Gasteiger partial charge in [0, 0.05) is 5.92 Å². The number of amides is 1. The SMILES string of the molecule is CCC(CC)C(=O)Nc1cc(NS(=O)(=O)c2ccc(C)cc2)ccc1OCC(=O)O. The second-order valence-corrected chi connectivity index (χ2v) is 8.50. The quantitative estimate of drug-likeness (QED) is 0.525. The van der Waals surface area contributed by atoms with Gasteiger partial charge >= 0.3 is 5.97 Å². The number of benzene rings is 2. The lowest BCUT2D eigenvalue weighted by Gasteiger charge is -2.17. The molecule has 0 fully saturated rings. The van der Waals surface area contributed by atoms with Crippen LogP contribution < -0.4 is 14.8 Å². The van der Waals surface area contributed by atoms with E-state index in [1.54, 1.807) is 12.1 Å². The maximum Gasteiger partial charge on any atom is 0.341 e. The summed E-state index contributed by atoms with van der Waals surface area (Å²) >= 11 is 0. The zero-order chi connectivity index (χ0) is 22.3. The van der Waals surface area contributed by atoms with E-state index in [1.807, 2.05) is 20.8 Å². The van der Waals surface area contributed by atoms with Gasteiger partial charge in [0.25, 0.3) is 10.0 Å². The van der Waals surface area contributed by atoms with Crippen LogP contribution in [-0.4, -0.2) is 32.0 Å². The summed E-state index contributed by atoms with van der Waals surface area (Å²) in [5, 5.41) is 11.6. The summed E-state index contributed by atoms with van der Waals surface area (Å²) in [5.41, 5.74) is 1.33. The normalized spacial score (nSPS) is 11.2. The van der Waals surface area contributed by atoms with E-state index in [9.17, 15) is 18.0 Å². The smallest absolute Gasteiger partial charge is 0.341 e. The summed E-state index contributed by atoms with van der Waals surface area (Å²) in [4.78, 5) is 23.4. The summed E-state index contributed by atoms with van der Waals surface area (Å²) in [5.74, 6) is -1.52. The van der Waals surface area contributed by atoms with Crippen molar-refractivity contribution >= 4 is 33.3 Å². The van der Waals surface area contributed by atoms with Crippen LogP contribution in [0.1, 0.15) is 32.3 Å². The Hall–Kier alpha value is -3.07. The molecule has 30 heavy (non-hydrogen) atoms. The fourth-order valence-corrected chi connectivity index (χ4v) is 3.83. The lowest BCUT2D eigenvalue weighted by atomic mass is 10.0. The van der Waals surface area contributed by atoms with Crippen molar-refractivity contribution in [3.05, 3.63) is 48.0 Å². The Morgan fingerprint density at radius 3 is 2.27 bits per heavy atom. The molecule has 0 aliphatic rings. The Morgan fingerprint density at radius 2 is 1.70 bits per heavy atom. The molecule has 0 saturated carbocycles. The lowest BCUT2D eigenvalue weighted by Crippen LogP contribution is -2.22. The van der Waals surface area contributed by atoms with Gasteiger partial charge in [-0.2, -0.15) is 0 Å². The highest BCUT2D eigenvalue weighted by molar-refractivity contribution is 7.92. The van der Waals surface area contributed by atoms with Crippen LogP contribution in [0.5, 0.6) is 5.75 Å². The molecule has 0 radical (unpaired) electrons. The molecule has 0 aliphatic heterocycles. The predicted molar refractivity (Wildman–Crippen MR) is 114 cm³/mol. The van der Waals surface area contributed by atoms with Crippen LogP contribution in [-0.2, 0) is 19.6 Å². The summed E-state index contributed by atoms with van der Waals surface area (Å²) in [7, 11) is -3.84. The number of carbonyl (C=O) groups excluding carboxylic acids is 1. The molecule has 0 heterocycles. The molecular formula is C21H26N2O6S. The first-order valence-electron chi connectivity index (χ1n) is 9.55. The molecule has 0 aromatic heterocycles. The maximum absolute atomic E-state index is 12.6. The van der Waals surface area contributed by atoms with E-state index in [2.05, 4.69) is 10.0 Å². The molecule has 0 bridgehead atoms. The van der Waals surface area contributed by atoms with Crippen molar-refractivity contribution in [1.82, 2.24) is 0 Å². The van der Waals surface area contributed by atoms with Crippen LogP contribution in [0.4, 0.5) is 11.4 Å². The number of nitrogens with one attached hydrogen (secondary N) is 2. The summed E-state index contributed by atoms with van der Waals surface area (Å²) in [6, 6.07) is 10.6. The Morgan fingerprint density at radius 1 is 1.07 bits per heavy atom. The highest BCUT2D eigenvalue weighted by Gasteiger charge is 2.19. The average molecular weight is 435 g/mol. The van der Waals surface area contributed by atoms with Gasteiger partial charge in [-0.15, -0.1) is 0 Å². The van der Waals surface area contributed by atoms with Gasteiger partial charge in [-0.05, 0) is 50.1 Å². The van der Waals surface area contributed by atoms with Crippen molar-refractivity contribution in [3.63, 3.8) is 0 Å². The molecule has 0 aliphatic carbocycles. The number of hydrogen-bond acceptors (Lipinski definition) is 5. The van der Waals surface area contributed by atoms with E-state index in [0.717, 1.165) is 5.56 Å². The number of anilines is 2. The Labute approximate surface area is 176 Å². The number of aliphatic carboxylic acids is 1. The molecule has 162 valence electrons. The van der Waals surface area contributed by atoms with Crippen molar-refractivity contribution in [2.75, 3.05) is 16.6 Å². The van der Waals surface area contributed by atoms with Crippen LogP contribution in [0.3, 0.4) is 0 Å². The zero-order valence-corrected chi connectivity index (χ0v) is 18.0. The van der Waals surface area contributed by atoms with Crippen LogP contribution in [0, 0.1) is 12.8 Å². The third kappa shape index (κ3) is 6.21. The van der Waals surface area contributed by atoms with Gasteiger partial charge in [-0.1, -0.05) is 31.5 Å². The summed E-state index contributed by atoms with van der Waals surface area (Å²) in [6.45, 7) is 5.04. The highest BCUT2D eigenvalue weighted by Crippen LogP contribution is 2.30. The van der Waals surface area contributed by atoms with Gasteiger partial charge in [0.1, 0.15) is 5.75 Å². The van der Waals surface area contributed by atoms with Crippen molar-refractivity contribution < 1.29 is 27.9 Å². The van der Waals surface area contributed by atoms with E-state index in [1.165, 1.54) is 30.3 Å². The Bertz CT molecular complexity index is 999. The van der Waals surface area contributed by atoms with Gasteiger partial charge in [0.15, 0.2) is 6.61 Å². The van der Waals surface area contributed by atoms with Crippen molar-refractivity contribution in [3.8, 4) is 5.75 Å². The predicted octanol–water partition coefficient (Wildman–Crippen LogP) is 3.63. The first kappa shape index (κ1) is 23.2. The van der Waals surface area contributed by atoms with Crippen molar-refractivity contribution in [1.29, 1.82) is 0 Å². The second-order valence-electron chi connectivity index (χ2n) is 6.81. The number of ether oxygens (including phenoxy) is 1. The number of sulfonamides is 1. The van der Waals surface area contributed by atoms with Crippen LogP contribution in [0.25, 0.3) is 0 Å². The minimum atomic E-state index is -3.84. The maximum atomic E-state index is 12.6. The van der Waals surface area contributed by atoms with Crippen molar-refractivity contribution in [2.24, 2.45) is 5.92 Å². The van der Waals surface area contributed by atoms with E-state index >= 15 is 0 Å². The molecular weight excluding hydrogens is 408 g/mol. The monoisotopic (exact) mass is 434 g/mol. The Kier molecular flexibility index (Phi) is 7.82. The molecule has 3 N–H and O–H groups in total. The van der Waals surface area contributed by atoms with Gasteiger partial charge in [0.05, 0.1) is 16.3 Å².